The Morgan fingerprint density at radius 1 is 1.14 bits per heavy atom. The van der Waals surface area contributed by atoms with Gasteiger partial charge in [-0.15, -0.1) is 11.3 Å². The van der Waals surface area contributed by atoms with Crippen molar-refractivity contribution in [2.45, 2.75) is 45.3 Å². The number of piperidine rings is 1. The van der Waals surface area contributed by atoms with Crippen LogP contribution in [0.2, 0.25) is 0 Å². The minimum absolute atomic E-state index is 0.231. The van der Waals surface area contributed by atoms with Crippen molar-refractivity contribution >= 4 is 40.7 Å². The van der Waals surface area contributed by atoms with Crippen molar-refractivity contribution < 1.29 is 23.9 Å². The maximum atomic E-state index is 13.3. The lowest BCUT2D eigenvalue weighted by atomic mass is 10.1. The van der Waals surface area contributed by atoms with Gasteiger partial charge in [0.25, 0.3) is 5.91 Å². The average Bonchev–Trinajstić information content (AvgIpc) is 3.27. The van der Waals surface area contributed by atoms with E-state index in [0.717, 1.165) is 42.1 Å². The lowest BCUT2D eigenvalue weighted by molar-refractivity contribution is 0.0185. The number of urea groups is 1. The first-order chi connectivity index (χ1) is 17.6. The molecule has 200 valence electrons. The van der Waals surface area contributed by atoms with E-state index in [1.807, 2.05) is 32.9 Å². The number of morpholine rings is 1. The lowest BCUT2D eigenvalue weighted by Crippen LogP contribution is -2.50. The van der Waals surface area contributed by atoms with Crippen molar-refractivity contribution in [2.75, 3.05) is 49.6 Å². The zero-order valence-corrected chi connectivity index (χ0v) is 22.4. The first kappa shape index (κ1) is 26.7. The predicted octanol–water partition coefficient (Wildman–Crippen LogP) is 3.87. The van der Waals surface area contributed by atoms with E-state index in [2.05, 4.69) is 27.7 Å². The fourth-order valence-electron chi connectivity index (χ4n) is 4.44. The van der Waals surface area contributed by atoms with Crippen LogP contribution in [0.1, 0.15) is 43.3 Å². The van der Waals surface area contributed by atoms with Crippen LogP contribution in [0.4, 0.5) is 21.0 Å². The first-order valence-electron chi connectivity index (χ1n) is 12.5. The van der Waals surface area contributed by atoms with Gasteiger partial charge < -0.3 is 35.6 Å². The third-order valence-corrected chi connectivity index (χ3v) is 7.29. The number of nitrogens with zero attached hydrogens (tertiary/aromatic N) is 2. The molecule has 37 heavy (non-hydrogen) atoms. The molecule has 1 aromatic carbocycles. The Hall–Kier alpha value is -3.31. The minimum Gasteiger partial charge on any atom is -0.444 e. The monoisotopic (exact) mass is 529 g/mol. The summed E-state index contributed by atoms with van der Waals surface area (Å²) in [5.74, 6) is -0.319. The average molecular weight is 530 g/mol. The highest BCUT2D eigenvalue weighted by atomic mass is 32.1. The Morgan fingerprint density at radius 2 is 1.89 bits per heavy atom. The molecule has 3 heterocycles. The summed E-state index contributed by atoms with van der Waals surface area (Å²) in [6, 6.07) is 8.89. The van der Waals surface area contributed by atoms with E-state index in [4.69, 9.17) is 15.2 Å². The topological polar surface area (TPSA) is 126 Å². The second-order valence-corrected chi connectivity index (χ2v) is 11.3. The van der Waals surface area contributed by atoms with E-state index in [0.29, 0.717) is 36.9 Å². The van der Waals surface area contributed by atoms with E-state index in [-0.39, 0.29) is 18.0 Å². The summed E-state index contributed by atoms with van der Waals surface area (Å²) in [6.07, 6.45) is 1.10. The van der Waals surface area contributed by atoms with Gasteiger partial charge in [-0.25, -0.2) is 9.59 Å². The highest BCUT2D eigenvalue weighted by molar-refractivity contribution is 7.18. The number of primary amides is 1. The SMILES string of the molecule is CC(C)(C)OC(=O)N1CCC[C@H](NC(=O)c2sc(-c3cccc(N4CCOCC4)c3)cc2NC(N)=O)C1. The molecule has 10 nitrogen and oxygen atoms in total. The number of anilines is 2. The van der Waals surface area contributed by atoms with Crippen LogP contribution in [0.5, 0.6) is 0 Å². The first-order valence-corrected chi connectivity index (χ1v) is 13.3. The van der Waals surface area contributed by atoms with Gasteiger partial charge in [0.1, 0.15) is 10.5 Å². The summed E-state index contributed by atoms with van der Waals surface area (Å²) in [7, 11) is 0. The maximum absolute atomic E-state index is 13.3. The molecule has 0 aliphatic carbocycles. The Morgan fingerprint density at radius 3 is 2.59 bits per heavy atom. The van der Waals surface area contributed by atoms with Crippen molar-refractivity contribution in [3.8, 4) is 10.4 Å². The van der Waals surface area contributed by atoms with Gasteiger partial charge in [-0.3, -0.25) is 4.79 Å². The molecular formula is C26H35N5O5S. The van der Waals surface area contributed by atoms with Crippen molar-refractivity contribution in [3.63, 3.8) is 0 Å². The van der Waals surface area contributed by atoms with Crippen LogP contribution in [0, 0.1) is 0 Å². The third kappa shape index (κ3) is 7.14. The summed E-state index contributed by atoms with van der Waals surface area (Å²) in [5.41, 5.74) is 7.19. The van der Waals surface area contributed by atoms with Gasteiger partial charge >= 0.3 is 12.1 Å². The standard InChI is InChI=1S/C26H35N5O5S/c1-26(2,3)36-25(34)31-9-5-7-18(16-31)28-23(32)22-20(29-24(27)33)15-21(37-22)17-6-4-8-19(14-17)30-10-12-35-13-11-30/h4,6,8,14-15,18H,5,7,9-13,16H2,1-3H3,(H,28,32)(H3,27,29,33)/t18-/m0/s1. The number of carbonyl (C=O) groups is 3. The molecule has 4 rings (SSSR count). The molecular weight excluding hydrogens is 494 g/mol. The number of rotatable bonds is 5. The highest BCUT2D eigenvalue weighted by Crippen LogP contribution is 2.36. The minimum atomic E-state index is -0.741. The van der Waals surface area contributed by atoms with E-state index in [1.165, 1.54) is 11.3 Å². The van der Waals surface area contributed by atoms with Gasteiger partial charge in [0.05, 0.1) is 18.9 Å². The second kappa shape index (κ2) is 11.4. The van der Waals surface area contributed by atoms with Crippen LogP contribution in [0.25, 0.3) is 10.4 Å². The van der Waals surface area contributed by atoms with Crippen LogP contribution in [-0.4, -0.2) is 74.0 Å². The Bertz CT molecular complexity index is 1140. The molecule has 1 aromatic heterocycles. The van der Waals surface area contributed by atoms with Crippen LogP contribution in [0.15, 0.2) is 30.3 Å². The molecule has 0 radical (unpaired) electrons. The Labute approximate surface area is 221 Å². The number of hydrogen-bond donors (Lipinski definition) is 3. The van der Waals surface area contributed by atoms with Crippen molar-refractivity contribution in [1.29, 1.82) is 0 Å². The van der Waals surface area contributed by atoms with Crippen LogP contribution in [0.3, 0.4) is 0 Å². The van der Waals surface area contributed by atoms with E-state index in [1.54, 1.807) is 11.0 Å². The summed E-state index contributed by atoms with van der Waals surface area (Å²) >= 11 is 1.29. The molecule has 2 saturated heterocycles. The van der Waals surface area contributed by atoms with Crippen molar-refractivity contribution in [3.05, 3.63) is 35.2 Å². The number of nitrogens with one attached hydrogen (secondary N) is 2. The van der Waals surface area contributed by atoms with Gasteiger partial charge in [-0.05, 0) is 57.4 Å². The number of benzene rings is 1. The van der Waals surface area contributed by atoms with Crippen molar-refractivity contribution in [2.24, 2.45) is 5.73 Å². The third-order valence-electron chi connectivity index (χ3n) is 6.11. The largest absolute Gasteiger partial charge is 0.444 e. The fraction of sp³-hybridized carbons (Fsp3) is 0.500. The molecule has 0 spiro atoms. The molecule has 2 aliphatic rings. The predicted molar refractivity (Wildman–Crippen MR) is 144 cm³/mol. The second-order valence-electron chi connectivity index (χ2n) is 10.2. The summed E-state index contributed by atoms with van der Waals surface area (Å²) in [6.45, 7) is 9.43. The Balaban J connectivity index is 1.51. The van der Waals surface area contributed by atoms with E-state index < -0.39 is 11.6 Å². The lowest BCUT2D eigenvalue weighted by Gasteiger charge is -2.34. The van der Waals surface area contributed by atoms with Crippen LogP contribution < -0.4 is 21.3 Å². The maximum Gasteiger partial charge on any atom is 0.410 e. The number of amides is 4. The number of likely N-dealkylation sites (tertiary alicyclic amines) is 1. The van der Waals surface area contributed by atoms with Gasteiger partial charge in [0.2, 0.25) is 0 Å². The molecule has 0 unspecified atom stereocenters. The zero-order valence-electron chi connectivity index (χ0n) is 21.5. The van der Waals surface area contributed by atoms with Crippen molar-refractivity contribution in [1.82, 2.24) is 10.2 Å². The van der Waals surface area contributed by atoms with Gasteiger partial charge in [0.15, 0.2) is 0 Å². The van der Waals surface area contributed by atoms with Gasteiger partial charge in [-0.2, -0.15) is 0 Å². The molecule has 4 amide bonds. The van der Waals surface area contributed by atoms with Crippen LogP contribution in [-0.2, 0) is 9.47 Å². The quantitative estimate of drug-likeness (QED) is 0.540. The zero-order chi connectivity index (χ0) is 26.6. The molecule has 4 N–H and O–H groups in total. The smallest absolute Gasteiger partial charge is 0.410 e. The van der Waals surface area contributed by atoms with E-state index >= 15 is 0 Å². The molecule has 2 fully saturated rings. The van der Waals surface area contributed by atoms with Gasteiger partial charge in [-0.1, -0.05) is 12.1 Å². The molecule has 0 bridgehead atoms. The molecule has 0 saturated carbocycles. The number of thiophene rings is 1. The normalized spacial score (nSPS) is 18.3. The number of nitrogens with two attached hydrogens (primary N) is 1. The van der Waals surface area contributed by atoms with Gasteiger partial charge in [0, 0.05) is 42.8 Å². The number of ether oxygens (including phenoxy) is 2. The van der Waals surface area contributed by atoms with Crippen LogP contribution >= 0.6 is 11.3 Å². The molecule has 2 aromatic rings. The fourth-order valence-corrected chi connectivity index (χ4v) is 5.46. The van der Waals surface area contributed by atoms with E-state index in [9.17, 15) is 14.4 Å². The number of hydrogen-bond acceptors (Lipinski definition) is 7. The summed E-state index contributed by atoms with van der Waals surface area (Å²) < 4.78 is 10.9. The summed E-state index contributed by atoms with van der Waals surface area (Å²) in [4.78, 5) is 42.6. The molecule has 2 aliphatic heterocycles. The molecule has 1 atom stereocenters. The highest BCUT2D eigenvalue weighted by Gasteiger charge is 2.29. The molecule has 11 heteroatoms. The number of carbonyl (C=O) groups excluding carboxylic acids is 3. The summed E-state index contributed by atoms with van der Waals surface area (Å²) in [5, 5.41) is 5.62. The Kier molecular flexibility index (Phi) is 8.23.